The summed E-state index contributed by atoms with van der Waals surface area (Å²) < 4.78 is 2.16. The molecule has 2 N–H and O–H groups in total. The van der Waals surface area contributed by atoms with Gasteiger partial charge in [-0.2, -0.15) is 0 Å². The smallest absolute Gasteiger partial charge is 0.166 e. The van der Waals surface area contributed by atoms with Crippen molar-refractivity contribution in [3.8, 4) is 0 Å². The fourth-order valence-electron chi connectivity index (χ4n) is 3.52. The van der Waals surface area contributed by atoms with Crippen LogP contribution in [0.5, 0.6) is 0 Å². The number of nitrogens with zero attached hydrogens (tertiary/aromatic N) is 7. The molecule has 4 rings (SSSR count). The summed E-state index contributed by atoms with van der Waals surface area (Å²) in [6.07, 6.45) is 5.50. The minimum absolute atomic E-state index is 0.164. The largest absolute Gasteiger partial charge is 0.384 e. The van der Waals surface area contributed by atoms with Crippen molar-refractivity contribution in [2.45, 2.75) is 39.3 Å². The number of rotatable bonds is 4. The maximum Gasteiger partial charge on any atom is 0.166 e. The summed E-state index contributed by atoms with van der Waals surface area (Å²) in [5, 5.41) is 9.48. The van der Waals surface area contributed by atoms with Crippen LogP contribution in [0.15, 0.2) is 24.8 Å². The summed E-state index contributed by atoms with van der Waals surface area (Å²) in [6, 6.07) is 3.90. The normalized spacial score (nSPS) is 17.7. The first-order valence-corrected chi connectivity index (χ1v) is 8.65. The van der Waals surface area contributed by atoms with Gasteiger partial charge in [0.15, 0.2) is 11.5 Å². The third-order valence-electron chi connectivity index (χ3n) is 4.53. The molecule has 4 heterocycles. The lowest BCUT2D eigenvalue weighted by Crippen LogP contribution is -2.27. The zero-order chi connectivity index (χ0) is 17.4. The van der Waals surface area contributed by atoms with Gasteiger partial charge in [-0.25, -0.2) is 15.0 Å². The van der Waals surface area contributed by atoms with Crippen LogP contribution in [0, 0.1) is 5.92 Å². The summed E-state index contributed by atoms with van der Waals surface area (Å²) >= 11 is 0. The fraction of sp³-hybridized carbons (Fsp3) is 0.471. The van der Waals surface area contributed by atoms with Crippen LogP contribution in [0.3, 0.4) is 0 Å². The van der Waals surface area contributed by atoms with E-state index in [-0.39, 0.29) is 6.04 Å². The molecule has 0 bridgehead atoms. The maximum absolute atomic E-state index is 5.79. The van der Waals surface area contributed by atoms with Crippen LogP contribution in [0.25, 0.3) is 11.0 Å². The van der Waals surface area contributed by atoms with Crippen molar-refractivity contribution in [2.75, 3.05) is 17.2 Å². The first-order valence-electron chi connectivity index (χ1n) is 8.65. The van der Waals surface area contributed by atoms with Crippen molar-refractivity contribution in [1.82, 2.24) is 29.7 Å². The highest BCUT2D eigenvalue weighted by Crippen LogP contribution is 2.37. The lowest BCUT2D eigenvalue weighted by atomic mass is 10.1. The predicted octanol–water partition coefficient (Wildman–Crippen LogP) is 2.20. The van der Waals surface area contributed by atoms with E-state index < -0.39 is 0 Å². The number of hydrogen-bond donors (Lipinski definition) is 1. The van der Waals surface area contributed by atoms with E-state index in [2.05, 4.69) is 48.5 Å². The Balaban J connectivity index is 1.75. The molecule has 8 heteroatoms. The molecule has 3 aromatic heterocycles. The van der Waals surface area contributed by atoms with E-state index in [0.717, 1.165) is 43.0 Å². The van der Waals surface area contributed by atoms with Gasteiger partial charge in [0, 0.05) is 13.1 Å². The second kappa shape index (κ2) is 6.27. The number of nitrogen functional groups attached to an aromatic ring is 1. The highest BCUT2D eigenvalue weighted by Gasteiger charge is 2.32. The first kappa shape index (κ1) is 15.7. The third kappa shape index (κ3) is 2.88. The molecule has 0 amide bonds. The number of aromatic nitrogens is 6. The van der Waals surface area contributed by atoms with Gasteiger partial charge in [0.05, 0.1) is 11.4 Å². The van der Waals surface area contributed by atoms with Crippen molar-refractivity contribution in [1.29, 1.82) is 0 Å². The SMILES string of the molecule is CC(C)Cn1cnnc1[C@H]1CCCN1c1ncnc2nc(N)ccc12. The minimum atomic E-state index is 0.164. The van der Waals surface area contributed by atoms with Gasteiger partial charge in [0.25, 0.3) is 0 Å². The lowest BCUT2D eigenvalue weighted by Gasteiger charge is -2.26. The van der Waals surface area contributed by atoms with Crippen LogP contribution in [-0.2, 0) is 6.54 Å². The molecule has 1 atom stereocenters. The highest BCUT2D eigenvalue weighted by molar-refractivity contribution is 5.87. The summed E-state index contributed by atoms with van der Waals surface area (Å²) in [5.41, 5.74) is 6.42. The monoisotopic (exact) mass is 338 g/mol. The van der Waals surface area contributed by atoms with Crippen LogP contribution < -0.4 is 10.6 Å². The van der Waals surface area contributed by atoms with E-state index >= 15 is 0 Å². The van der Waals surface area contributed by atoms with Crippen LogP contribution in [0.4, 0.5) is 11.6 Å². The third-order valence-corrected chi connectivity index (χ3v) is 4.53. The van der Waals surface area contributed by atoms with Crippen molar-refractivity contribution < 1.29 is 0 Å². The van der Waals surface area contributed by atoms with Gasteiger partial charge in [-0.15, -0.1) is 10.2 Å². The van der Waals surface area contributed by atoms with E-state index in [1.807, 2.05) is 12.4 Å². The van der Waals surface area contributed by atoms with E-state index in [9.17, 15) is 0 Å². The molecule has 1 aliphatic rings. The summed E-state index contributed by atoms with van der Waals surface area (Å²) in [5.74, 6) is 2.89. The molecule has 8 nitrogen and oxygen atoms in total. The zero-order valence-corrected chi connectivity index (χ0v) is 14.5. The molecule has 0 spiro atoms. The van der Waals surface area contributed by atoms with Gasteiger partial charge in [-0.3, -0.25) is 0 Å². The Bertz CT molecular complexity index is 887. The molecule has 25 heavy (non-hydrogen) atoms. The molecule has 0 aliphatic carbocycles. The van der Waals surface area contributed by atoms with Gasteiger partial charge in [-0.1, -0.05) is 13.8 Å². The Kier molecular flexibility index (Phi) is 3.95. The fourth-order valence-corrected chi connectivity index (χ4v) is 3.52. The topological polar surface area (TPSA) is 98.6 Å². The molecular formula is C17H22N8. The quantitative estimate of drug-likeness (QED) is 0.778. The maximum atomic E-state index is 5.79. The Morgan fingerprint density at radius 3 is 3.00 bits per heavy atom. The van der Waals surface area contributed by atoms with Crippen molar-refractivity contribution in [3.63, 3.8) is 0 Å². The number of pyridine rings is 1. The first-order chi connectivity index (χ1) is 12.1. The Labute approximate surface area is 146 Å². The number of anilines is 2. The average Bonchev–Trinajstić information content (AvgIpc) is 3.22. The van der Waals surface area contributed by atoms with E-state index in [1.165, 1.54) is 0 Å². The summed E-state index contributed by atoms with van der Waals surface area (Å²) in [7, 11) is 0. The molecule has 1 fully saturated rings. The van der Waals surface area contributed by atoms with E-state index in [1.54, 1.807) is 12.4 Å². The average molecular weight is 338 g/mol. The van der Waals surface area contributed by atoms with Crippen LogP contribution >= 0.6 is 0 Å². The molecule has 0 saturated carbocycles. The van der Waals surface area contributed by atoms with Gasteiger partial charge in [0.2, 0.25) is 0 Å². The second-order valence-electron chi connectivity index (χ2n) is 6.89. The van der Waals surface area contributed by atoms with Gasteiger partial charge < -0.3 is 15.2 Å². The molecule has 0 unspecified atom stereocenters. The zero-order valence-electron chi connectivity index (χ0n) is 14.5. The van der Waals surface area contributed by atoms with Gasteiger partial charge in [0.1, 0.15) is 24.3 Å². The van der Waals surface area contributed by atoms with Crippen molar-refractivity contribution in [2.24, 2.45) is 5.92 Å². The molecule has 0 aromatic carbocycles. The lowest BCUT2D eigenvalue weighted by molar-refractivity contribution is 0.487. The Hall–Kier alpha value is -2.77. The van der Waals surface area contributed by atoms with Crippen molar-refractivity contribution >= 4 is 22.7 Å². The number of fused-ring (bicyclic) bond motifs is 1. The van der Waals surface area contributed by atoms with Gasteiger partial charge >= 0.3 is 0 Å². The highest BCUT2D eigenvalue weighted by atomic mass is 15.3. The Morgan fingerprint density at radius 1 is 1.28 bits per heavy atom. The second-order valence-corrected chi connectivity index (χ2v) is 6.89. The van der Waals surface area contributed by atoms with E-state index in [4.69, 9.17) is 5.73 Å². The van der Waals surface area contributed by atoms with Crippen LogP contribution in [0.2, 0.25) is 0 Å². The molecule has 1 saturated heterocycles. The van der Waals surface area contributed by atoms with Gasteiger partial charge in [-0.05, 0) is 30.9 Å². The number of nitrogens with two attached hydrogens (primary N) is 1. The van der Waals surface area contributed by atoms with Crippen molar-refractivity contribution in [3.05, 3.63) is 30.6 Å². The van der Waals surface area contributed by atoms with Crippen LogP contribution in [0.1, 0.15) is 38.6 Å². The molecular weight excluding hydrogens is 316 g/mol. The summed E-state index contributed by atoms with van der Waals surface area (Å²) in [6.45, 7) is 6.24. The molecule has 130 valence electrons. The Morgan fingerprint density at radius 2 is 2.16 bits per heavy atom. The van der Waals surface area contributed by atoms with Crippen LogP contribution in [-0.4, -0.2) is 36.3 Å². The number of hydrogen-bond acceptors (Lipinski definition) is 7. The standard InChI is InChI=1S/C17H22N8/c1-11(2)8-24-10-21-23-17(24)13-4-3-7-25(13)16-12-5-6-14(18)22-15(12)19-9-20-16/h5-6,9-11,13H,3-4,7-8H2,1-2H3,(H2,18,19,20,22)/t13-/m1/s1. The summed E-state index contributed by atoms with van der Waals surface area (Å²) in [4.78, 5) is 15.4. The minimum Gasteiger partial charge on any atom is -0.384 e. The molecule has 3 aromatic rings. The van der Waals surface area contributed by atoms with E-state index in [0.29, 0.717) is 17.4 Å². The predicted molar refractivity (Wildman–Crippen MR) is 95.9 cm³/mol. The molecule has 0 radical (unpaired) electrons. The molecule has 1 aliphatic heterocycles.